The minimum absolute atomic E-state index is 0.407. The molecule has 0 aromatic rings. The van der Waals surface area contributed by atoms with Crippen molar-refractivity contribution in [3.05, 3.63) is 0 Å². The van der Waals surface area contributed by atoms with Crippen molar-refractivity contribution in [2.45, 2.75) is 103 Å². The number of hydrogen-bond acceptors (Lipinski definition) is 3. The molecule has 0 aliphatic carbocycles. The zero-order valence-electron chi connectivity index (χ0n) is 14.9. The summed E-state index contributed by atoms with van der Waals surface area (Å²) >= 11 is 4.02. The average Bonchev–Trinajstić information content (AvgIpc) is 2.54. The number of unbranched alkanes of at least 4 members (excludes halogenated alkanes) is 13. The third-order valence-electron chi connectivity index (χ3n) is 4.16. The lowest BCUT2D eigenvalue weighted by Crippen LogP contribution is -2.17. The van der Waals surface area contributed by atoms with Crippen LogP contribution in [-0.2, 0) is 4.74 Å². The first-order chi connectivity index (χ1) is 10.8. The molecule has 1 N–H and O–H groups in total. The molecule has 0 rings (SSSR count). The van der Waals surface area contributed by atoms with E-state index in [1.165, 1.54) is 83.5 Å². The Morgan fingerprint density at radius 1 is 0.727 bits per heavy atom. The van der Waals surface area contributed by atoms with Crippen molar-refractivity contribution in [2.24, 2.45) is 0 Å². The monoisotopic (exact) mass is 332 g/mol. The van der Waals surface area contributed by atoms with Gasteiger partial charge in [0, 0.05) is 12.4 Å². The van der Waals surface area contributed by atoms with Gasteiger partial charge in [0.15, 0.2) is 0 Å². The SMILES string of the molecule is CCCCCCCCCCCCCCCCOCC(O)CS. The Morgan fingerprint density at radius 2 is 1.14 bits per heavy atom. The third-order valence-corrected chi connectivity index (χ3v) is 4.58. The van der Waals surface area contributed by atoms with E-state index in [2.05, 4.69) is 19.6 Å². The highest BCUT2D eigenvalue weighted by atomic mass is 32.1. The van der Waals surface area contributed by atoms with E-state index >= 15 is 0 Å². The molecule has 0 heterocycles. The molecule has 0 saturated carbocycles. The Kier molecular flexibility index (Phi) is 19.6. The average molecular weight is 333 g/mol. The molecule has 0 aliphatic rings. The lowest BCUT2D eigenvalue weighted by Gasteiger charge is -2.08. The first-order valence-electron chi connectivity index (χ1n) is 9.68. The predicted octanol–water partition coefficient (Wildman–Crippen LogP) is 5.78. The van der Waals surface area contributed by atoms with E-state index in [4.69, 9.17) is 4.74 Å². The van der Waals surface area contributed by atoms with Gasteiger partial charge in [0.25, 0.3) is 0 Å². The van der Waals surface area contributed by atoms with E-state index in [9.17, 15) is 5.11 Å². The molecule has 0 radical (unpaired) electrons. The Labute approximate surface area is 144 Å². The fraction of sp³-hybridized carbons (Fsp3) is 1.00. The van der Waals surface area contributed by atoms with Gasteiger partial charge in [0.1, 0.15) is 0 Å². The fourth-order valence-electron chi connectivity index (χ4n) is 2.67. The van der Waals surface area contributed by atoms with Crippen LogP contribution in [-0.4, -0.2) is 30.2 Å². The second kappa shape index (κ2) is 19.3. The molecular weight excluding hydrogens is 292 g/mol. The normalized spacial score (nSPS) is 12.7. The second-order valence-corrected chi connectivity index (χ2v) is 6.87. The minimum Gasteiger partial charge on any atom is -0.390 e. The van der Waals surface area contributed by atoms with Crippen LogP contribution in [0.15, 0.2) is 0 Å². The van der Waals surface area contributed by atoms with Crippen molar-refractivity contribution in [2.75, 3.05) is 19.0 Å². The van der Waals surface area contributed by atoms with E-state index in [1.807, 2.05) is 0 Å². The van der Waals surface area contributed by atoms with Crippen molar-refractivity contribution < 1.29 is 9.84 Å². The van der Waals surface area contributed by atoms with Gasteiger partial charge in [-0.05, 0) is 6.42 Å². The zero-order chi connectivity index (χ0) is 16.3. The van der Waals surface area contributed by atoms with Gasteiger partial charge in [-0.1, -0.05) is 90.4 Å². The third kappa shape index (κ3) is 18.3. The van der Waals surface area contributed by atoms with Gasteiger partial charge >= 0.3 is 0 Å². The highest BCUT2D eigenvalue weighted by Gasteiger charge is 2.00. The molecule has 0 aromatic heterocycles. The molecule has 2 nitrogen and oxygen atoms in total. The van der Waals surface area contributed by atoms with Crippen LogP contribution in [0.3, 0.4) is 0 Å². The number of rotatable bonds is 18. The Morgan fingerprint density at radius 3 is 1.55 bits per heavy atom. The Balaban J connectivity index is 2.97. The summed E-state index contributed by atoms with van der Waals surface area (Å²) in [4.78, 5) is 0. The van der Waals surface area contributed by atoms with Gasteiger partial charge in [0.2, 0.25) is 0 Å². The molecular formula is C19H40O2S. The molecule has 0 amide bonds. The van der Waals surface area contributed by atoms with Gasteiger partial charge in [-0.15, -0.1) is 0 Å². The van der Waals surface area contributed by atoms with Crippen LogP contribution in [0.5, 0.6) is 0 Å². The lowest BCUT2D eigenvalue weighted by atomic mass is 10.0. The van der Waals surface area contributed by atoms with Gasteiger partial charge in [-0.25, -0.2) is 0 Å². The number of ether oxygens (including phenoxy) is 1. The molecule has 134 valence electrons. The summed E-state index contributed by atoms with van der Waals surface area (Å²) in [6, 6.07) is 0. The summed E-state index contributed by atoms with van der Waals surface area (Å²) < 4.78 is 5.39. The Bertz CT molecular complexity index is 200. The molecule has 0 saturated heterocycles. The summed E-state index contributed by atoms with van der Waals surface area (Å²) in [5, 5.41) is 9.27. The van der Waals surface area contributed by atoms with Gasteiger partial charge in [-0.3, -0.25) is 0 Å². The second-order valence-electron chi connectivity index (χ2n) is 6.51. The van der Waals surface area contributed by atoms with Crippen LogP contribution < -0.4 is 0 Å². The largest absolute Gasteiger partial charge is 0.390 e. The predicted molar refractivity (Wildman–Crippen MR) is 101 cm³/mol. The summed E-state index contributed by atoms with van der Waals surface area (Å²) in [6.45, 7) is 3.49. The number of aliphatic hydroxyl groups is 1. The standard InChI is InChI=1S/C19H40O2S/c1-2-3-4-5-6-7-8-9-10-11-12-13-14-15-16-21-17-19(20)18-22/h19-20,22H,2-18H2,1H3. The van der Waals surface area contributed by atoms with Gasteiger partial charge < -0.3 is 9.84 Å². The number of thiol groups is 1. The van der Waals surface area contributed by atoms with Crippen molar-refractivity contribution in [1.82, 2.24) is 0 Å². The van der Waals surface area contributed by atoms with E-state index < -0.39 is 6.10 Å². The van der Waals surface area contributed by atoms with Gasteiger partial charge in [0.05, 0.1) is 12.7 Å². The van der Waals surface area contributed by atoms with Crippen molar-refractivity contribution in [1.29, 1.82) is 0 Å². The molecule has 0 bridgehead atoms. The molecule has 0 aliphatic heterocycles. The topological polar surface area (TPSA) is 29.5 Å². The minimum atomic E-state index is -0.407. The van der Waals surface area contributed by atoms with Crippen molar-refractivity contribution in [3.63, 3.8) is 0 Å². The maximum atomic E-state index is 9.27. The molecule has 22 heavy (non-hydrogen) atoms. The van der Waals surface area contributed by atoms with Crippen LogP contribution in [0.2, 0.25) is 0 Å². The molecule has 0 fully saturated rings. The van der Waals surface area contributed by atoms with Gasteiger partial charge in [-0.2, -0.15) is 12.6 Å². The van der Waals surface area contributed by atoms with E-state index in [0.29, 0.717) is 12.4 Å². The molecule has 3 heteroatoms. The van der Waals surface area contributed by atoms with Crippen molar-refractivity contribution in [3.8, 4) is 0 Å². The van der Waals surface area contributed by atoms with E-state index in [0.717, 1.165) is 13.0 Å². The lowest BCUT2D eigenvalue weighted by molar-refractivity contribution is 0.0469. The van der Waals surface area contributed by atoms with Crippen LogP contribution in [0.4, 0.5) is 0 Å². The summed E-state index contributed by atoms with van der Waals surface area (Å²) in [6.07, 6.45) is 18.9. The molecule has 0 spiro atoms. The summed E-state index contributed by atoms with van der Waals surface area (Å²) in [5.41, 5.74) is 0. The summed E-state index contributed by atoms with van der Waals surface area (Å²) in [7, 11) is 0. The van der Waals surface area contributed by atoms with E-state index in [1.54, 1.807) is 0 Å². The maximum Gasteiger partial charge on any atom is 0.0861 e. The van der Waals surface area contributed by atoms with E-state index in [-0.39, 0.29) is 0 Å². The molecule has 1 atom stereocenters. The number of aliphatic hydroxyl groups excluding tert-OH is 1. The zero-order valence-corrected chi connectivity index (χ0v) is 15.8. The maximum absolute atomic E-state index is 9.27. The van der Waals surface area contributed by atoms with Crippen LogP contribution >= 0.6 is 12.6 Å². The molecule has 0 aromatic carbocycles. The first-order valence-corrected chi connectivity index (χ1v) is 10.3. The van der Waals surface area contributed by atoms with Crippen LogP contribution in [0.1, 0.15) is 96.8 Å². The fourth-order valence-corrected chi connectivity index (χ4v) is 2.78. The molecule has 1 unspecified atom stereocenters. The highest BCUT2D eigenvalue weighted by Crippen LogP contribution is 2.12. The number of hydrogen-bond donors (Lipinski definition) is 2. The quantitative estimate of drug-likeness (QED) is 0.246. The van der Waals surface area contributed by atoms with Crippen molar-refractivity contribution >= 4 is 12.6 Å². The van der Waals surface area contributed by atoms with Crippen LogP contribution in [0.25, 0.3) is 0 Å². The first kappa shape index (κ1) is 22.3. The smallest absolute Gasteiger partial charge is 0.0861 e. The van der Waals surface area contributed by atoms with Crippen LogP contribution in [0, 0.1) is 0 Å². The summed E-state index contributed by atoms with van der Waals surface area (Å²) in [5.74, 6) is 0.485. The highest BCUT2D eigenvalue weighted by molar-refractivity contribution is 7.80. The Hall–Kier alpha value is 0.270.